The summed E-state index contributed by atoms with van der Waals surface area (Å²) >= 11 is 6.16. The number of hydrogen-bond acceptors (Lipinski definition) is 3. The number of aromatic nitrogens is 4. The van der Waals surface area contributed by atoms with Crippen LogP contribution in [0.2, 0.25) is 5.15 Å². The Morgan fingerprint density at radius 1 is 1.00 bits per heavy atom. The molecule has 2 heterocycles. The SMILES string of the molecule is Cc1nn(C)c(C)c1CC(=O)Cc1c(C)nn(C)c1Cl. The summed E-state index contributed by atoms with van der Waals surface area (Å²) in [4.78, 5) is 12.3. The molecule has 2 aromatic rings. The lowest BCUT2D eigenvalue weighted by atomic mass is 10.0. The molecular formula is C14H19ClN4O. The minimum absolute atomic E-state index is 0.127. The van der Waals surface area contributed by atoms with E-state index in [2.05, 4.69) is 10.2 Å². The van der Waals surface area contributed by atoms with E-state index in [1.165, 1.54) is 0 Å². The van der Waals surface area contributed by atoms with Crippen LogP contribution >= 0.6 is 11.6 Å². The Morgan fingerprint density at radius 2 is 1.50 bits per heavy atom. The molecule has 0 spiro atoms. The van der Waals surface area contributed by atoms with Crippen LogP contribution in [0.1, 0.15) is 28.2 Å². The van der Waals surface area contributed by atoms with Gasteiger partial charge < -0.3 is 0 Å². The average molecular weight is 295 g/mol. The van der Waals surface area contributed by atoms with Crippen LogP contribution in [-0.4, -0.2) is 25.3 Å². The molecule has 5 nitrogen and oxygen atoms in total. The van der Waals surface area contributed by atoms with Gasteiger partial charge in [0.2, 0.25) is 0 Å². The highest BCUT2D eigenvalue weighted by molar-refractivity contribution is 6.30. The lowest BCUT2D eigenvalue weighted by molar-refractivity contribution is -0.117. The van der Waals surface area contributed by atoms with Gasteiger partial charge in [0.25, 0.3) is 0 Å². The second kappa shape index (κ2) is 5.40. The van der Waals surface area contributed by atoms with Gasteiger partial charge in [-0.15, -0.1) is 0 Å². The number of halogens is 1. The van der Waals surface area contributed by atoms with Crippen molar-refractivity contribution in [2.24, 2.45) is 14.1 Å². The van der Waals surface area contributed by atoms with Gasteiger partial charge >= 0.3 is 0 Å². The first-order valence-electron chi connectivity index (χ1n) is 6.50. The van der Waals surface area contributed by atoms with Crippen LogP contribution in [0.5, 0.6) is 0 Å². The zero-order chi connectivity index (χ0) is 15.0. The summed E-state index contributed by atoms with van der Waals surface area (Å²) in [5.74, 6) is 0.127. The molecule has 108 valence electrons. The van der Waals surface area contributed by atoms with E-state index in [0.29, 0.717) is 18.0 Å². The van der Waals surface area contributed by atoms with E-state index in [0.717, 1.165) is 28.2 Å². The summed E-state index contributed by atoms with van der Waals surface area (Å²) in [5, 5.41) is 9.10. The Balaban J connectivity index is 2.17. The maximum Gasteiger partial charge on any atom is 0.141 e. The topological polar surface area (TPSA) is 52.7 Å². The van der Waals surface area contributed by atoms with Crippen LogP contribution in [0.15, 0.2) is 0 Å². The molecule has 0 aliphatic carbocycles. The van der Waals surface area contributed by atoms with E-state index in [9.17, 15) is 4.79 Å². The van der Waals surface area contributed by atoms with Crippen molar-refractivity contribution in [2.75, 3.05) is 0 Å². The lowest BCUT2D eigenvalue weighted by Crippen LogP contribution is -2.09. The maximum absolute atomic E-state index is 12.3. The van der Waals surface area contributed by atoms with Crippen molar-refractivity contribution < 1.29 is 4.79 Å². The van der Waals surface area contributed by atoms with E-state index in [1.54, 1.807) is 16.4 Å². The Morgan fingerprint density at radius 3 is 1.95 bits per heavy atom. The molecule has 6 heteroatoms. The number of aryl methyl sites for hydroxylation is 4. The van der Waals surface area contributed by atoms with Crippen molar-refractivity contribution in [1.29, 1.82) is 0 Å². The predicted octanol–water partition coefficient (Wildman–Crippen LogP) is 2.09. The van der Waals surface area contributed by atoms with Crippen LogP contribution in [-0.2, 0) is 31.7 Å². The molecule has 2 aromatic heterocycles. The molecule has 0 N–H and O–H groups in total. The normalized spacial score (nSPS) is 11.1. The third-order valence-corrected chi connectivity index (χ3v) is 4.15. The van der Waals surface area contributed by atoms with Crippen LogP contribution in [0.25, 0.3) is 0 Å². The van der Waals surface area contributed by atoms with E-state index < -0.39 is 0 Å². The number of carbonyl (C=O) groups is 1. The highest BCUT2D eigenvalue weighted by Crippen LogP contribution is 2.21. The van der Waals surface area contributed by atoms with E-state index in [1.807, 2.05) is 27.8 Å². The summed E-state index contributed by atoms with van der Waals surface area (Å²) in [6, 6.07) is 0. The number of rotatable bonds is 4. The monoisotopic (exact) mass is 294 g/mol. The molecule has 0 bridgehead atoms. The molecule has 0 amide bonds. The van der Waals surface area contributed by atoms with E-state index in [-0.39, 0.29) is 5.78 Å². The zero-order valence-corrected chi connectivity index (χ0v) is 13.2. The van der Waals surface area contributed by atoms with Crippen LogP contribution in [0.4, 0.5) is 0 Å². The fourth-order valence-electron chi connectivity index (χ4n) is 2.40. The second-order valence-corrected chi connectivity index (χ2v) is 5.50. The molecule has 0 atom stereocenters. The summed E-state index contributed by atoms with van der Waals surface area (Å²) in [6.45, 7) is 5.78. The van der Waals surface area contributed by atoms with Crippen molar-refractivity contribution in [1.82, 2.24) is 19.6 Å². The van der Waals surface area contributed by atoms with Crippen molar-refractivity contribution in [3.05, 3.63) is 33.4 Å². The first-order chi connectivity index (χ1) is 9.31. The summed E-state index contributed by atoms with van der Waals surface area (Å²) < 4.78 is 3.40. The Labute approximate surface area is 123 Å². The molecule has 0 unspecified atom stereocenters. The van der Waals surface area contributed by atoms with Gasteiger partial charge in [0, 0.05) is 43.8 Å². The lowest BCUT2D eigenvalue weighted by Gasteiger charge is -2.03. The molecule has 0 aromatic carbocycles. The van der Waals surface area contributed by atoms with Crippen LogP contribution < -0.4 is 0 Å². The van der Waals surface area contributed by atoms with Crippen molar-refractivity contribution in [3.63, 3.8) is 0 Å². The first kappa shape index (κ1) is 14.8. The predicted molar refractivity (Wildman–Crippen MR) is 78.1 cm³/mol. The molecule has 0 saturated heterocycles. The third-order valence-electron chi connectivity index (χ3n) is 3.68. The van der Waals surface area contributed by atoms with E-state index >= 15 is 0 Å². The Bertz CT molecular complexity index is 613. The fourth-order valence-corrected chi connectivity index (χ4v) is 2.65. The summed E-state index contributed by atoms with van der Waals surface area (Å²) in [6.07, 6.45) is 0.697. The molecule has 20 heavy (non-hydrogen) atoms. The van der Waals surface area contributed by atoms with Gasteiger partial charge in [-0.05, 0) is 20.8 Å². The number of hydrogen-bond donors (Lipinski definition) is 0. The standard InChI is InChI=1S/C14H19ClN4O/c1-8-12(10(3)18(4)16-8)6-11(20)7-13-9(2)17-19(5)14(13)15/h6-7H2,1-5H3. The van der Waals surface area contributed by atoms with Gasteiger partial charge in [-0.1, -0.05) is 11.6 Å². The Hall–Kier alpha value is -1.62. The van der Waals surface area contributed by atoms with Gasteiger partial charge in [-0.3, -0.25) is 14.2 Å². The third kappa shape index (κ3) is 2.63. The number of ketones is 1. The van der Waals surface area contributed by atoms with E-state index in [4.69, 9.17) is 11.6 Å². The largest absolute Gasteiger partial charge is 0.299 e. The Kier molecular flexibility index (Phi) is 3.99. The molecule has 0 aliphatic heterocycles. The fraction of sp³-hybridized carbons (Fsp3) is 0.500. The number of carbonyl (C=O) groups excluding carboxylic acids is 1. The first-order valence-corrected chi connectivity index (χ1v) is 6.87. The molecule has 0 aliphatic rings. The molecule has 0 radical (unpaired) electrons. The summed E-state index contributed by atoms with van der Waals surface area (Å²) in [5.41, 5.74) is 4.58. The van der Waals surface area contributed by atoms with Crippen LogP contribution in [0, 0.1) is 20.8 Å². The number of nitrogens with zero attached hydrogens (tertiary/aromatic N) is 4. The van der Waals surface area contributed by atoms with Gasteiger partial charge in [0.05, 0.1) is 11.4 Å². The zero-order valence-electron chi connectivity index (χ0n) is 12.5. The highest BCUT2D eigenvalue weighted by atomic mass is 35.5. The second-order valence-electron chi connectivity index (χ2n) is 5.14. The van der Waals surface area contributed by atoms with Crippen LogP contribution in [0.3, 0.4) is 0 Å². The average Bonchev–Trinajstić information content (AvgIpc) is 2.74. The highest BCUT2D eigenvalue weighted by Gasteiger charge is 2.18. The molecule has 2 rings (SSSR count). The van der Waals surface area contributed by atoms with Gasteiger partial charge in [-0.25, -0.2) is 0 Å². The molecular weight excluding hydrogens is 276 g/mol. The minimum atomic E-state index is 0.127. The molecule has 0 fully saturated rings. The van der Waals surface area contributed by atoms with Gasteiger partial charge in [0.1, 0.15) is 10.9 Å². The van der Waals surface area contributed by atoms with Crippen molar-refractivity contribution in [2.45, 2.75) is 33.6 Å². The number of Topliss-reactive ketones (excluding diaryl/α,β-unsaturated/α-hetero) is 1. The molecule has 0 saturated carbocycles. The smallest absolute Gasteiger partial charge is 0.141 e. The summed E-state index contributed by atoms with van der Waals surface area (Å²) in [7, 11) is 3.66. The minimum Gasteiger partial charge on any atom is -0.299 e. The quantitative estimate of drug-likeness (QED) is 0.867. The van der Waals surface area contributed by atoms with Gasteiger partial charge in [0.15, 0.2) is 0 Å². The van der Waals surface area contributed by atoms with Gasteiger partial charge in [-0.2, -0.15) is 10.2 Å². The maximum atomic E-state index is 12.3. The van der Waals surface area contributed by atoms with Crippen molar-refractivity contribution >= 4 is 17.4 Å². The van der Waals surface area contributed by atoms with Crippen molar-refractivity contribution in [3.8, 4) is 0 Å².